The smallest absolute Gasteiger partial charge is 0.336 e. The van der Waals surface area contributed by atoms with Crippen LogP contribution < -0.4 is 15.8 Å². The number of aliphatic carboxylic acids is 1. The predicted molar refractivity (Wildman–Crippen MR) is 42.2 cm³/mol. The highest BCUT2D eigenvalue weighted by atomic mass is 16.4. The van der Waals surface area contributed by atoms with E-state index >= 15 is 0 Å². The van der Waals surface area contributed by atoms with Crippen LogP contribution >= 0.6 is 0 Å². The molecule has 0 bridgehead atoms. The topological polar surface area (TPSA) is 133 Å². The number of hydrogen-bond donors (Lipinski definition) is 2. The molecule has 0 fully saturated rings. The van der Waals surface area contributed by atoms with E-state index < -0.39 is 40.9 Å². The Labute approximate surface area is 82.6 Å². The molecule has 0 aliphatic heterocycles. The van der Waals surface area contributed by atoms with Gasteiger partial charge in [-0.15, -0.1) is 0 Å². The molecule has 0 radical (unpaired) electrons. The Morgan fingerprint density at radius 2 is 2.07 bits per heavy atom. The second-order valence-corrected chi connectivity index (χ2v) is 2.71. The van der Waals surface area contributed by atoms with E-state index in [2.05, 4.69) is 0 Å². The Morgan fingerprint density at radius 1 is 1.47 bits per heavy atom. The molecule has 7 heteroatoms. The van der Waals surface area contributed by atoms with E-state index in [4.69, 9.17) is 5.11 Å². The third-order valence-corrected chi connectivity index (χ3v) is 1.62. The van der Waals surface area contributed by atoms with E-state index in [1.807, 2.05) is 4.98 Å². The first-order valence-corrected chi connectivity index (χ1v) is 3.78. The lowest BCUT2D eigenvalue weighted by Crippen LogP contribution is -2.28. The molecule has 0 saturated heterocycles. The maximum absolute atomic E-state index is 11.1. The number of hydrogen-bond acceptors (Lipinski definition) is 5. The lowest BCUT2D eigenvalue weighted by Gasteiger charge is -2.13. The summed E-state index contributed by atoms with van der Waals surface area (Å²) in [5.41, 5.74) is -2.06. The normalized spacial score (nSPS) is 9.87. The Morgan fingerprint density at radius 3 is 2.53 bits per heavy atom. The molecule has 0 aliphatic carbocycles. The lowest BCUT2D eigenvalue weighted by molar-refractivity contribution is -0.304. The molecule has 0 saturated carbocycles. The average Bonchev–Trinajstić information content (AvgIpc) is 1.99. The maximum atomic E-state index is 11.1. The van der Waals surface area contributed by atoms with Gasteiger partial charge in [0.2, 0.25) is 5.56 Å². The summed E-state index contributed by atoms with van der Waals surface area (Å²) in [6.07, 6.45) is -0.826. The molecule has 2 N–H and O–H groups in total. The summed E-state index contributed by atoms with van der Waals surface area (Å²) in [4.78, 5) is 33.6. The van der Waals surface area contributed by atoms with Crippen molar-refractivity contribution < 1.29 is 24.9 Å². The third kappa shape index (κ3) is 2.33. The van der Waals surface area contributed by atoms with Crippen LogP contribution in [0.5, 0.6) is 5.75 Å². The van der Waals surface area contributed by atoms with Crippen LogP contribution in [0.4, 0.5) is 0 Å². The minimum Gasteiger partial charge on any atom is -0.872 e. The molecular formula is C8H5NO6-2. The van der Waals surface area contributed by atoms with Gasteiger partial charge in [-0.2, -0.15) is 0 Å². The summed E-state index contributed by atoms with van der Waals surface area (Å²) >= 11 is 0. The van der Waals surface area contributed by atoms with Crippen LogP contribution in [0.15, 0.2) is 10.9 Å². The number of carboxylic acids is 2. The van der Waals surface area contributed by atoms with E-state index in [1.165, 1.54) is 0 Å². The van der Waals surface area contributed by atoms with Crippen LogP contribution in [0, 0.1) is 0 Å². The molecule has 1 rings (SSSR count). The van der Waals surface area contributed by atoms with Crippen LogP contribution in [-0.4, -0.2) is 22.0 Å². The standard InChI is InChI=1S/C8H7NO6/c10-4-2-5(11)9-3(1-6(12)13)7(4)8(14)15/h2H,1H2,(H,12,13)(H,14,15)(H2,9,10,11)/p-2. The number of carbonyl (C=O) groups excluding carboxylic acids is 1. The van der Waals surface area contributed by atoms with Crippen molar-refractivity contribution in [3.8, 4) is 5.75 Å². The number of aromatic carboxylic acids is 1. The Hall–Kier alpha value is -2.31. The van der Waals surface area contributed by atoms with Crippen LogP contribution in [0.25, 0.3) is 0 Å². The first-order chi connectivity index (χ1) is 6.91. The fourth-order valence-corrected chi connectivity index (χ4v) is 1.10. The molecule has 7 nitrogen and oxygen atoms in total. The minimum atomic E-state index is -1.59. The van der Waals surface area contributed by atoms with Crippen molar-refractivity contribution in [1.29, 1.82) is 0 Å². The van der Waals surface area contributed by atoms with E-state index in [9.17, 15) is 24.6 Å². The predicted octanol–water partition coefficient (Wildman–Crippen LogP) is -2.56. The number of pyridine rings is 1. The SMILES string of the molecule is O=C([O-])Cc1[nH]c(=O)cc([O-])c1C(=O)O. The zero-order chi connectivity index (χ0) is 11.6. The summed E-state index contributed by atoms with van der Waals surface area (Å²) < 4.78 is 0. The molecule has 0 spiro atoms. The summed E-state index contributed by atoms with van der Waals surface area (Å²) in [7, 11) is 0. The van der Waals surface area contributed by atoms with Crippen LogP contribution in [0.2, 0.25) is 0 Å². The van der Waals surface area contributed by atoms with Gasteiger partial charge in [0, 0.05) is 18.1 Å². The second-order valence-electron chi connectivity index (χ2n) is 2.71. The van der Waals surface area contributed by atoms with Crippen molar-refractivity contribution in [3.63, 3.8) is 0 Å². The maximum Gasteiger partial charge on any atom is 0.336 e. The molecule has 80 valence electrons. The van der Waals surface area contributed by atoms with Crippen LogP contribution in [0.1, 0.15) is 16.1 Å². The highest BCUT2D eigenvalue weighted by Gasteiger charge is 2.12. The molecule has 0 aliphatic rings. The van der Waals surface area contributed by atoms with E-state index in [1.54, 1.807) is 0 Å². The van der Waals surface area contributed by atoms with Gasteiger partial charge in [-0.1, -0.05) is 5.75 Å². The Kier molecular flexibility index (Phi) is 2.75. The molecular weight excluding hydrogens is 206 g/mol. The Balaban J connectivity index is 3.39. The van der Waals surface area contributed by atoms with E-state index in [0.717, 1.165) is 0 Å². The first kappa shape index (κ1) is 10.8. The van der Waals surface area contributed by atoms with Gasteiger partial charge < -0.3 is 25.1 Å². The highest BCUT2D eigenvalue weighted by molar-refractivity contribution is 5.92. The number of rotatable bonds is 3. The zero-order valence-electron chi connectivity index (χ0n) is 7.27. The summed E-state index contributed by atoms with van der Waals surface area (Å²) in [5.74, 6) is -4.20. The monoisotopic (exact) mass is 211 g/mol. The fourth-order valence-electron chi connectivity index (χ4n) is 1.10. The molecule has 0 atom stereocenters. The highest BCUT2D eigenvalue weighted by Crippen LogP contribution is 2.14. The van der Waals surface area contributed by atoms with Crippen LogP contribution in [0.3, 0.4) is 0 Å². The number of carbonyl (C=O) groups is 2. The number of aromatic nitrogens is 1. The van der Waals surface area contributed by atoms with Gasteiger partial charge in [-0.25, -0.2) is 4.79 Å². The van der Waals surface area contributed by atoms with Crippen molar-refractivity contribution in [3.05, 3.63) is 27.7 Å². The van der Waals surface area contributed by atoms with Gasteiger partial charge >= 0.3 is 5.97 Å². The molecule has 15 heavy (non-hydrogen) atoms. The minimum absolute atomic E-state index is 0.458. The van der Waals surface area contributed by atoms with Gasteiger partial charge in [-0.05, 0) is 6.07 Å². The third-order valence-electron chi connectivity index (χ3n) is 1.62. The van der Waals surface area contributed by atoms with Gasteiger partial charge in [0.25, 0.3) is 0 Å². The average molecular weight is 211 g/mol. The van der Waals surface area contributed by atoms with Gasteiger partial charge in [0.1, 0.15) is 0 Å². The van der Waals surface area contributed by atoms with E-state index in [0.29, 0.717) is 6.07 Å². The summed E-state index contributed by atoms with van der Waals surface area (Å²) in [6, 6.07) is 0.544. The molecule has 1 aromatic rings. The molecule has 1 aromatic heterocycles. The van der Waals surface area contributed by atoms with Crippen LogP contribution in [-0.2, 0) is 11.2 Å². The quantitative estimate of drug-likeness (QED) is 0.564. The van der Waals surface area contributed by atoms with Crippen molar-refractivity contribution in [2.45, 2.75) is 6.42 Å². The molecule has 0 unspecified atom stereocenters. The molecule has 0 aromatic carbocycles. The number of aromatic amines is 1. The zero-order valence-corrected chi connectivity index (χ0v) is 7.27. The lowest BCUT2D eigenvalue weighted by atomic mass is 10.1. The van der Waals surface area contributed by atoms with Crippen molar-refractivity contribution in [2.24, 2.45) is 0 Å². The van der Waals surface area contributed by atoms with Crippen molar-refractivity contribution in [2.75, 3.05) is 0 Å². The first-order valence-electron chi connectivity index (χ1n) is 3.78. The number of nitrogens with one attached hydrogen (secondary N) is 1. The number of carboxylic acid groups (broad SMARTS) is 2. The van der Waals surface area contributed by atoms with Crippen molar-refractivity contribution >= 4 is 11.9 Å². The molecule has 0 amide bonds. The summed E-state index contributed by atoms with van der Waals surface area (Å²) in [6.45, 7) is 0. The van der Waals surface area contributed by atoms with E-state index in [-0.39, 0.29) is 0 Å². The fraction of sp³-hybridized carbons (Fsp3) is 0.125. The summed E-state index contributed by atoms with van der Waals surface area (Å²) in [5, 5.41) is 29.9. The van der Waals surface area contributed by atoms with Crippen molar-refractivity contribution in [1.82, 2.24) is 4.98 Å². The number of H-pyrrole nitrogens is 1. The second kappa shape index (κ2) is 3.82. The molecule has 1 heterocycles. The largest absolute Gasteiger partial charge is 0.872 e. The Bertz CT molecular complexity index is 475. The van der Waals surface area contributed by atoms with Gasteiger partial charge in [-0.3, -0.25) is 4.79 Å². The van der Waals surface area contributed by atoms with Gasteiger partial charge in [0.15, 0.2) is 0 Å². The van der Waals surface area contributed by atoms with Gasteiger partial charge in [0.05, 0.1) is 5.56 Å².